The first-order valence-electron chi connectivity index (χ1n) is 6.97. The maximum Gasteiger partial charge on any atom is 0.411 e. The molecule has 1 aliphatic heterocycles. The van der Waals surface area contributed by atoms with Gasteiger partial charge in [0.25, 0.3) is 0 Å². The van der Waals surface area contributed by atoms with Crippen LogP contribution in [0.4, 0.5) is 13.2 Å². The van der Waals surface area contributed by atoms with Crippen molar-refractivity contribution in [3.63, 3.8) is 0 Å². The molecule has 1 saturated heterocycles. The molecule has 0 aliphatic carbocycles. The smallest absolute Gasteiger partial charge is 0.372 e. The highest BCUT2D eigenvalue weighted by Crippen LogP contribution is 2.14. The van der Waals surface area contributed by atoms with Gasteiger partial charge in [0, 0.05) is 38.8 Å². The number of ether oxygens (including phenoxy) is 1. The van der Waals surface area contributed by atoms with E-state index in [9.17, 15) is 13.2 Å². The lowest BCUT2D eigenvalue weighted by atomic mass is 10.0. The van der Waals surface area contributed by atoms with Crippen LogP contribution in [-0.2, 0) is 4.74 Å². The molecule has 1 aliphatic rings. The summed E-state index contributed by atoms with van der Waals surface area (Å²) in [5.74, 6) is 0.660. The molecule has 0 radical (unpaired) electrons. The molecule has 0 aromatic heterocycles. The first-order valence-corrected chi connectivity index (χ1v) is 6.97. The van der Waals surface area contributed by atoms with Crippen LogP contribution in [0.3, 0.4) is 0 Å². The van der Waals surface area contributed by atoms with Gasteiger partial charge in [0.15, 0.2) is 0 Å². The zero-order valence-corrected chi connectivity index (χ0v) is 11.8. The number of alkyl halides is 3. The van der Waals surface area contributed by atoms with E-state index in [1.807, 2.05) is 0 Å². The van der Waals surface area contributed by atoms with Crippen molar-refractivity contribution in [1.82, 2.24) is 10.2 Å². The Morgan fingerprint density at radius 3 is 2.74 bits per heavy atom. The molecule has 1 rings (SSSR count). The van der Waals surface area contributed by atoms with Gasteiger partial charge in [-0.25, -0.2) is 0 Å². The van der Waals surface area contributed by atoms with E-state index in [0.717, 1.165) is 32.6 Å². The number of hydrogen-bond acceptors (Lipinski definition) is 3. The van der Waals surface area contributed by atoms with Gasteiger partial charge in [0.1, 0.15) is 6.61 Å². The van der Waals surface area contributed by atoms with E-state index in [2.05, 4.69) is 28.8 Å². The van der Waals surface area contributed by atoms with Crippen molar-refractivity contribution in [2.45, 2.75) is 38.9 Å². The highest BCUT2D eigenvalue weighted by molar-refractivity contribution is 4.79. The third-order valence-corrected chi connectivity index (χ3v) is 3.12. The molecule has 1 heterocycles. The summed E-state index contributed by atoms with van der Waals surface area (Å²) in [6.45, 7) is 7.17. The minimum Gasteiger partial charge on any atom is -0.372 e. The summed E-state index contributed by atoms with van der Waals surface area (Å²) in [6.07, 6.45) is -2.41. The van der Waals surface area contributed by atoms with Crippen molar-refractivity contribution in [2.24, 2.45) is 5.92 Å². The van der Waals surface area contributed by atoms with Gasteiger partial charge in [-0.05, 0) is 18.8 Å². The summed E-state index contributed by atoms with van der Waals surface area (Å²) in [6, 6.07) is 0.504. The number of piperazine rings is 1. The average Bonchev–Trinajstić information content (AvgIpc) is 2.26. The predicted molar refractivity (Wildman–Crippen MR) is 69.2 cm³/mol. The van der Waals surface area contributed by atoms with Crippen molar-refractivity contribution in [1.29, 1.82) is 0 Å². The van der Waals surface area contributed by atoms with Crippen LogP contribution in [0.1, 0.15) is 26.7 Å². The highest BCUT2D eigenvalue weighted by atomic mass is 19.4. The lowest BCUT2D eigenvalue weighted by Gasteiger charge is -2.34. The van der Waals surface area contributed by atoms with Gasteiger partial charge in [-0.2, -0.15) is 13.2 Å². The maximum absolute atomic E-state index is 11.9. The minimum absolute atomic E-state index is 0.179. The lowest BCUT2D eigenvalue weighted by Crippen LogP contribution is -2.51. The molecule has 1 fully saturated rings. The Kier molecular flexibility index (Phi) is 7.10. The van der Waals surface area contributed by atoms with Gasteiger partial charge in [-0.1, -0.05) is 13.8 Å². The normalized spacial score (nSPS) is 22.1. The van der Waals surface area contributed by atoms with Crippen molar-refractivity contribution in [2.75, 3.05) is 39.4 Å². The molecule has 19 heavy (non-hydrogen) atoms. The van der Waals surface area contributed by atoms with Gasteiger partial charge in [-0.15, -0.1) is 0 Å². The Hall–Kier alpha value is -0.330. The molecule has 0 bridgehead atoms. The van der Waals surface area contributed by atoms with Crippen LogP contribution in [0.15, 0.2) is 0 Å². The Balaban J connectivity index is 2.09. The molecule has 1 unspecified atom stereocenters. The SMILES string of the molecule is CC(C)CC1CN(CCCOCC(F)(F)F)CCN1. The molecule has 1 N–H and O–H groups in total. The third kappa shape index (κ3) is 8.44. The van der Waals surface area contributed by atoms with E-state index in [-0.39, 0.29) is 6.61 Å². The zero-order valence-electron chi connectivity index (χ0n) is 11.8. The molecule has 0 spiro atoms. The van der Waals surface area contributed by atoms with Crippen LogP contribution >= 0.6 is 0 Å². The fourth-order valence-electron chi connectivity index (χ4n) is 2.40. The molecule has 114 valence electrons. The van der Waals surface area contributed by atoms with Crippen molar-refractivity contribution >= 4 is 0 Å². The predicted octanol–water partition coefficient (Wildman–Crippen LogP) is 2.28. The second kappa shape index (κ2) is 8.07. The standard InChI is InChI=1S/C13H25F3N2O/c1-11(2)8-12-9-18(6-4-17-12)5-3-7-19-10-13(14,15)16/h11-12,17H,3-10H2,1-2H3. The molecule has 6 heteroatoms. The molecule has 3 nitrogen and oxygen atoms in total. The minimum atomic E-state index is -4.21. The van der Waals surface area contributed by atoms with Gasteiger partial charge in [0.2, 0.25) is 0 Å². The van der Waals surface area contributed by atoms with Crippen molar-refractivity contribution in [3.8, 4) is 0 Å². The highest BCUT2D eigenvalue weighted by Gasteiger charge is 2.27. The van der Waals surface area contributed by atoms with E-state index < -0.39 is 12.8 Å². The summed E-state index contributed by atoms with van der Waals surface area (Å²) >= 11 is 0. The molecule has 0 aromatic carbocycles. The summed E-state index contributed by atoms with van der Waals surface area (Å²) in [4.78, 5) is 2.31. The summed E-state index contributed by atoms with van der Waals surface area (Å²) in [7, 11) is 0. The van der Waals surface area contributed by atoms with Crippen LogP contribution in [-0.4, -0.2) is 56.5 Å². The van der Waals surface area contributed by atoms with Crippen LogP contribution in [0, 0.1) is 5.92 Å². The topological polar surface area (TPSA) is 24.5 Å². The molecular formula is C13H25F3N2O. The monoisotopic (exact) mass is 282 g/mol. The van der Waals surface area contributed by atoms with Crippen LogP contribution in [0.2, 0.25) is 0 Å². The van der Waals surface area contributed by atoms with Crippen molar-refractivity contribution in [3.05, 3.63) is 0 Å². The fraction of sp³-hybridized carbons (Fsp3) is 1.00. The van der Waals surface area contributed by atoms with Crippen LogP contribution in [0.25, 0.3) is 0 Å². The second-order valence-electron chi connectivity index (χ2n) is 5.60. The quantitative estimate of drug-likeness (QED) is 0.725. The zero-order chi connectivity index (χ0) is 14.3. The molecular weight excluding hydrogens is 257 g/mol. The van der Waals surface area contributed by atoms with E-state index in [1.54, 1.807) is 0 Å². The van der Waals surface area contributed by atoms with E-state index in [4.69, 9.17) is 0 Å². The first-order chi connectivity index (χ1) is 8.87. The molecule has 0 saturated carbocycles. The van der Waals surface area contributed by atoms with Gasteiger partial charge in [0.05, 0.1) is 0 Å². The fourth-order valence-corrected chi connectivity index (χ4v) is 2.40. The van der Waals surface area contributed by atoms with Gasteiger partial charge in [-0.3, -0.25) is 0 Å². The lowest BCUT2D eigenvalue weighted by molar-refractivity contribution is -0.174. The Bertz CT molecular complexity index is 247. The molecule has 1 atom stereocenters. The number of nitrogens with one attached hydrogen (secondary N) is 1. The summed E-state index contributed by atoms with van der Waals surface area (Å²) < 4.78 is 40.2. The summed E-state index contributed by atoms with van der Waals surface area (Å²) in [5, 5.41) is 3.48. The third-order valence-electron chi connectivity index (χ3n) is 3.12. The van der Waals surface area contributed by atoms with Crippen LogP contribution in [0.5, 0.6) is 0 Å². The van der Waals surface area contributed by atoms with Gasteiger partial charge >= 0.3 is 6.18 Å². The molecule has 0 amide bonds. The summed E-state index contributed by atoms with van der Waals surface area (Å²) in [5.41, 5.74) is 0. The number of nitrogens with zero attached hydrogens (tertiary/aromatic N) is 1. The van der Waals surface area contributed by atoms with E-state index in [0.29, 0.717) is 18.4 Å². The maximum atomic E-state index is 11.9. The Morgan fingerprint density at radius 2 is 2.11 bits per heavy atom. The Labute approximate surface area is 113 Å². The number of hydrogen-bond donors (Lipinski definition) is 1. The molecule has 0 aromatic rings. The average molecular weight is 282 g/mol. The van der Waals surface area contributed by atoms with E-state index in [1.165, 1.54) is 0 Å². The Morgan fingerprint density at radius 1 is 1.37 bits per heavy atom. The van der Waals surface area contributed by atoms with Crippen molar-refractivity contribution < 1.29 is 17.9 Å². The van der Waals surface area contributed by atoms with Gasteiger partial charge < -0.3 is 15.0 Å². The van der Waals surface area contributed by atoms with Crippen LogP contribution < -0.4 is 5.32 Å². The second-order valence-corrected chi connectivity index (χ2v) is 5.60. The van der Waals surface area contributed by atoms with E-state index >= 15 is 0 Å². The first kappa shape index (κ1) is 16.7. The largest absolute Gasteiger partial charge is 0.411 e. The number of rotatable bonds is 7. The number of halogens is 3.